The van der Waals surface area contributed by atoms with Crippen LogP contribution in [-0.4, -0.2) is 54.8 Å². The largest absolute Gasteiger partial charge is 0.453 e. The normalized spacial score (nSPS) is 16.4. The highest BCUT2D eigenvalue weighted by Crippen LogP contribution is 2.23. The second-order valence-corrected chi connectivity index (χ2v) is 8.54. The number of para-hydroxylation sites is 1. The Morgan fingerprint density at radius 1 is 0.906 bits per heavy atom. The first kappa shape index (κ1) is 22.1. The number of hydrogen-bond acceptors (Lipinski definition) is 5. The molecule has 1 amide bonds. The summed E-state index contributed by atoms with van der Waals surface area (Å²) in [6, 6.07) is 15.9. The number of piperazine rings is 1. The minimum Gasteiger partial charge on any atom is -0.453 e. The first-order chi connectivity index (χ1) is 15.5. The molecule has 1 heterocycles. The summed E-state index contributed by atoms with van der Waals surface area (Å²) in [4.78, 5) is 41.4. The molecule has 0 aromatic heterocycles. The van der Waals surface area contributed by atoms with Crippen molar-refractivity contribution in [1.29, 1.82) is 0 Å². The Labute approximate surface area is 189 Å². The van der Waals surface area contributed by atoms with Crippen molar-refractivity contribution in [2.45, 2.75) is 45.1 Å². The molecule has 2 aromatic carbocycles. The van der Waals surface area contributed by atoms with E-state index in [1.165, 1.54) is 11.1 Å². The Hall–Kier alpha value is -3.15. The molecule has 168 valence electrons. The number of carbonyl (C=O) groups is 3. The molecule has 1 atom stereocenters. The van der Waals surface area contributed by atoms with E-state index in [-0.39, 0.29) is 24.5 Å². The van der Waals surface area contributed by atoms with Crippen LogP contribution >= 0.6 is 0 Å². The van der Waals surface area contributed by atoms with Crippen molar-refractivity contribution in [3.63, 3.8) is 0 Å². The van der Waals surface area contributed by atoms with Crippen molar-refractivity contribution in [2.75, 3.05) is 31.1 Å². The van der Waals surface area contributed by atoms with Gasteiger partial charge in [-0.15, -0.1) is 0 Å². The molecule has 6 heteroatoms. The molecule has 1 saturated heterocycles. The number of carbonyl (C=O) groups excluding carboxylic acids is 3. The lowest BCUT2D eigenvalue weighted by molar-refractivity contribution is -0.159. The van der Waals surface area contributed by atoms with Crippen LogP contribution in [0.5, 0.6) is 0 Å². The van der Waals surface area contributed by atoms with Crippen LogP contribution in [0.15, 0.2) is 48.5 Å². The van der Waals surface area contributed by atoms with E-state index in [0.717, 1.165) is 38.0 Å². The second kappa shape index (κ2) is 9.98. The molecule has 1 unspecified atom stereocenters. The van der Waals surface area contributed by atoms with Gasteiger partial charge in [-0.3, -0.25) is 14.4 Å². The van der Waals surface area contributed by atoms with Crippen LogP contribution in [0.3, 0.4) is 0 Å². The van der Waals surface area contributed by atoms with Crippen LogP contribution in [0.1, 0.15) is 47.7 Å². The highest BCUT2D eigenvalue weighted by atomic mass is 16.5. The summed E-state index contributed by atoms with van der Waals surface area (Å²) in [7, 11) is 0. The van der Waals surface area contributed by atoms with Gasteiger partial charge in [0.05, 0.1) is 6.42 Å². The van der Waals surface area contributed by atoms with Gasteiger partial charge in [0.1, 0.15) is 0 Å². The van der Waals surface area contributed by atoms with Gasteiger partial charge >= 0.3 is 5.97 Å². The lowest BCUT2D eigenvalue weighted by Crippen LogP contribution is -2.51. The highest BCUT2D eigenvalue weighted by molar-refractivity contribution is 5.98. The van der Waals surface area contributed by atoms with Crippen molar-refractivity contribution >= 4 is 23.3 Å². The number of nitrogens with zero attached hydrogens (tertiary/aromatic N) is 2. The third-order valence-corrected chi connectivity index (χ3v) is 6.35. The summed E-state index contributed by atoms with van der Waals surface area (Å²) in [6.45, 7) is 4.27. The van der Waals surface area contributed by atoms with Gasteiger partial charge in [0.25, 0.3) is 5.91 Å². The number of aryl methyl sites for hydroxylation is 2. The van der Waals surface area contributed by atoms with Crippen LogP contribution in [0.4, 0.5) is 5.69 Å². The van der Waals surface area contributed by atoms with Gasteiger partial charge in [0.2, 0.25) is 0 Å². The fourth-order valence-electron chi connectivity index (χ4n) is 4.49. The predicted octanol–water partition coefficient (Wildman–Crippen LogP) is 3.42. The molecule has 0 bridgehead atoms. The summed E-state index contributed by atoms with van der Waals surface area (Å²) in [6.07, 6.45) is 2.44. The third kappa shape index (κ3) is 5.18. The summed E-state index contributed by atoms with van der Waals surface area (Å²) in [5.74, 6) is -0.757. The molecule has 0 saturated carbocycles. The molecule has 2 aromatic rings. The molecule has 6 nitrogen and oxygen atoms in total. The number of esters is 1. The second-order valence-electron chi connectivity index (χ2n) is 8.54. The van der Waals surface area contributed by atoms with Crippen LogP contribution < -0.4 is 4.90 Å². The molecule has 2 aliphatic rings. The fourth-order valence-corrected chi connectivity index (χ4v) is 4.49. The topological polar surface area (TPSA) is 66.9 Å². The van der Waals surface area contributed by atoms with Crippen molar-refractivity contribution in [2.24, 2.45) is 0 Å². The van der Waals surface area contributed by atoms with E-state index in [4.69, 9.17) is 4.74 Å². The maximum Gasteiger partial charge on any atom is 0.307 e. The number of ether oxygens (including phenoxy) is 1. The number of amides is 1. The van der Waals surface area contributed by atoms with Crippen molar-refractivity contribution in [1.82, 2.24) is 4.90 Å². The van der Waals surface area contributed by atoms with E-state index in [1.807, 2.05) is 36.4 Å². The average molecular weight is 435 g/mol. The molecule has 4 rings (SSSR count). The number of anilines is 1. The minimum absolute atomic E-state index is 0.0185. The Morgan fingerprint density at radius 3 is 2.38 bits per heavy atom. The average Bonchev–Trinajstić information content (AvgIpc) is 3.30. The number of Topliss-reactive ketones (excluding diaryl/α,β-unsaturated/α-hetero) is 1. The van der Waals surface area contributed by atoms with Gasteiger partial charge < -0.3 is 14.5 Å². The van der Waals surface area contributed by atoms with Crippen LogP contribution in [0.2, 0.25) is 0 Å². The monoisotopic (exact) mass is 434 g/mol. The molecule has 1 aliphatic heterocycles. The van der Waals surface area contributed by atoms with Crippen LogP contribution in [-0.2, 0) is 27.2 Å². The van der Waals surface area contributed by atoms with E-state index in [1.54, 1.807) is 11.8 Å². The first-order valence-corrected chi connectivity index (χ1v) is 11.4. The lowest BCUT2D eigenvalue weighted by atomic mass is 10.0. The molecule has 0 spiro atoms. The van der Waals surface area contributed by atoms with Gasteiger partial charge in [-0.2, -0.15) is 0 Å². The molecule has 1 aliphatic carbocycles. The molecular weight excluding hydrogens is 404 g/mol. The number of ketones is 1. The van der Waals surface area contributed by atoms with Crippen molar-refractivity contribution in [3.05, 3.63) is 65.2 Å². The van der Waals surface area contributed by atoms with Gasteiger partial charge in [-0.1, -0.05) is 30.3 Å². The summed E-state index contributed by atoms with van der Waals surface area (Å²) < 4.78 is 5.34. The van der Waals surface area contributed by atoms with Crippen LogP contribution in [0.25, 0.3) is 0 Å². The maximum absolute atomic E-state index is 12.7. The van der Waals surface area contributed by atoms with Crippen molar-refractivity contribution < 1.29 is 19.1 Å². The zero-order valence-corrected chi connectivity index (χ0v) is 18.6. The van der Waals surface area contributed by atoms with E-state index in [2.05, 4.69) is 17.0 Å². The van der Waals surface area contributed by atoms with E-state index in [0.29, 0.717) is 18.7 Å². The van der Waals surface area contributed by atoms with Gasteiger partial charge in [-0.05, 0) is 55.5 Å². The van der Waals surface area contributed by atoms with E-state index < -0.39 is 12.1 Å². The Morgan fingerprint density at radius 2 is 1.62 bits per heavy atom. The summed E-state index contributed by atoms with van der Waals surface area (Å²) >= 11 is 0. The molecule has 1 fully saturated rings. The Bertz CT molecular complexity index is 981. The number of benzene rings is 2. The van der Waals surface area contributed by atoms with Gasteiger partial charge in [-0.25, -0.2) is 0 Å². The van der Waals surface area contributed by atoms with Crippen LogP contribution in [0, 0.1) is 0 Å². The maximum atomic E-state index is 12.7. The smallest absolute Gasteiger partial charge is 0.307 e. The van der Waals surface area contributed by atoms with Gasteiger partial charge in [0, 0.05) is 43.9 Å². The Kier molecular flexibility index (Phi) is 6.88. The molecular formula is C26H30N2O4. The predicted molar refractivity (Wildman–Crippen MR) is 123 cm³/mol. The fraction of sp³-hybridized carbons (Fsp3) is 0.423. The van der Waals surface area contributed by atoms with Gasteiger partial charge in [0.15, 0.2) is 11.9 Å². The summed E-state index contributed by atoms with van der Waals surface area (Å²) in [5, 5.41) is 0. The molecule has 32 heavy (non-hydrogen) atoms. The number of fused-ring (bicyclic) bond motifs is 1. The zero-order valence-electron chi connectivity index (χ0n) is 18.6. The number of rotatable bonds is 7. The zero-order chi connectivity index (χ0) is 22.5. The highest BCUT2D eigenvalue weighted by Gasteiger charge is 2.27. The third-order valence-electron chi connectivity index (χ3n) is 6.35. The molecule has 0 radical (unpaired) electrons. The first-order valence-electron chi connectivity index (χ1n) is 11.4. The quantitative estimate of drug-likeness (QED) is 0.494. The minimum atomic E-state index is -0.846. The molecule has 0 N–H and O–H groups in total. The van der Waals surface area contributed by atoms with Crippen molar-refractivity contribution in [3.8, 4) is 0 Å². The standard InChI is InChI=1S/C26H30N2O4/c1-19(26(31)28-16-14-27(15-17-28)23-8-3-2-4-9-23)32-25(30)13-12-24(29)22-11-10-20-6-5-7-21(20)18-22/h2-4,8-11,18-19H,5-7,12-17H2,1H3. The van der Waals surface area contributed by atoms with E-state index >= 15 is 0 Å². The SMILES string of the molecule is CC(OC(=O)CCC(=O)c1ccc2c(c1)CCC2)C(=O)N1CCN(c2ccccc2)CC1. The lowest BCUT2D eigenvalue weighted by Gasteiger charge is -2.37. The van der Waals surface area contributed by atoms with E-state index in [9.17, 15) is 14.4 Å². The summed E-state index contributed by atoms with van der Waals surface area (Å²) in [5.41, 5.74) is 4.36. The number of hydrogen-bond donors (Lipinski definition) is 0. The Balaban J connectivity index is 1.21.